The van der Waals surface area contributed by atoms with Gasteiger partial charge >= 0.3 is 0 Å². The monoisotopic (exact) mass is 316 g/mol. The van der Waals surface area contributed by atoms with Gasteiger partial charge in [-0.15, -0.1) is 0 Å². The van der Waals surface area contributed by atoms with Crippen LogP contribution >= 0.6 is 0 Å². The summed E-state index contributed by atoms with van der Waals surface area (Å²) in [5.74, 6) is -0.629. The maximum atomic E-state index is 12.2. The molecular formula is C17H20N2O4. The van der Waals surface area contributed by atoms with Crippen molar-refractivity contribution in [1.29, 1.82) is 0 Å². The third-order valence-electron chi connectivity index (χ3n) is 4.42. The molecule has 1 heterocycles. The lowest BCUT2D eigenvalue weighted by molar-refractivity contribution is -0.122. The summed E-state index contributed by atoms with van der Waals surface area (Å²) in [5, 5.41) is 32.6. The van der Waals surface area contributed by atoms with Crippen molar-refractivity contribution in [1.82, 2.24) is 10.3 Å². The summed E-state index contributed by atoms with van der Waals surface area (Å²) in [6.45, 7) is -0.207. The summed E-state index contributed by atoms with van der Waals surface area (Å²) < 4.78 is 0. The first-order valence-electron chi connectivity index (χ1n) is 7.68. The van der Waals surface area contributed by atoms with Gasteiger partial charge in [0.05, 0.1) is 24.1 Å². The van der Waals surface area contributed by atoms with E-state index in [1.165, 1.54) is 0 Å². The predicted molar refractivity (Wildman–Crippen MR) is 84.6 cm³/mol. The number of aromatic nitrogens is 1. The molecule has 0 spiro atoms. The highest BCUT2D eigenvalue weighted by atomic mass is 16.3. The standard InChI is InChI=1S/C17H20N2O4/c20-9-12-8-14(17(23)16(12)22)19-15(21)7-10-3-4-11-2-1-5-18-13(11)6-10/h1-6,12,14,16-17,20,22-23H,7-9H2,(H,19,21)/t12-,14-,16-,17+/m0/s1. The number of aliphatic hydroxyl groups is 3. The number of pyridine rings is 1. The molecule has 0 saturated heterocycles. The number of rotatable bonds is 4. The molecule has 4 N–H and O–H groups in total. The van der Waals surface area contributed by atoms with Crippen LogP contribution in [0.3, 0.4) is 0 Å². The highest BCUT2D eigenvalue weighted by molar-refractivity contribution is 5.83. The van der Waals surface area contributed by atoms with Gasteiger partial charge in [0.15, 0.2) is 0 Å². The molecule has 6 heteroatoms. The Morgan fingerprint density at radius 3 is 2.83 bits per heavy atom. The average Bonchev–Trinajstić information content (AvgIpc) is 2.82. The number of benzene rings is 1. The molecule has 0 unspecified atom stereocenters. The van der Waals surface area contributed by atoms with E-state index in [1.807, 2.05) is 30.3 Å². The number of fused-ring (bicyclic) bond motifs is 1. The minimum Gasteiger partial charge on any atom is -0.396 e. The summed E-state index contributed by atoms with van der Waals surface area (Å²) in [6.07, 6.45) is 0.196. The number of nitrogens with zero attached hydrogens (tertiary/aromatic N) is 1. The fourth-order valence-corrected chi connectivity index (χ4v) is 3.11. The second kappa shape index (κ2) is 6.62. The first-order valence-corrected chi connectivity index (χ1v) is 7.68. The van der Waals surface area contributed by atoms with E-state index >= 15 is 0 Å². The van der Waals surface area contributed by atoms with E-state index in [-0.39, 0.29) is 18.9 Å². The zero-order valence-corrected chi connectivity index (χ0v) is 12.6. The van der Waals surface area contributed by atoms with Crippen molar-refractivity contribution in [2.24, 2.45) is 5.92 Å². The van der Waals surface area contributed by atoms with Gasteiger partial charge in [0.25, 0.3) is 0 Å². The molecule has 1 aliphatic rings. The lowest BCUT2D eigenvalue weighted by Gasteiger charge is -2.18. The van der Waals surface area contributed by atoms with Gasteiger partial charge in [0.1, 0.15) is 6.10 Å². The third-order valence-corrected chi connectivity index (χ3v) is 4.42. The minimum absolute atomic E-state index is 0.176. The average molecular weight is 316 g/mol. The first-order chi connectivity index (χ1) is 11.1. The summed E-state index contributed by atoms with van der Waals surface area (Å²) in [6, 6.07) is 8.94. The summed E-state index contributed by atoms with van der Waals surface area (Å²) in [7, 11) is 0. The van der Waals surface area contributed by atoms with Crippen LogP contribution in [0.5, 0.6) is 0 Å². The van der Waals surface area contributed by atoms with Gasteiger partial charge in [0.2, 0.25) is 5.91 Å². The Labute approximate surface area is 133 Å². The lowest BCUT2D eigenvalue weighted by Crippen LogP contribution is -2.43. The van der Waals surface area contributed by atoms with Crippen LogP contribution in [0.25, 0.3) is 10.9 Å². The molecule has 0 radical (unpaired) electrons. The van der Waals surface area contributed by atoms with Crippen LogP contribution < -0.4 is 5.32 Å². The number of amides is 1. The van der Waals surface area contributed by atoms with Crippen molar-refractivity contribution in [2.75, 3.05) is 6.61 Å². The molecule has 6 nitrogen and oxygen atoms in total. The van der Waals surface area contributed by atoms with E-state index in [4.69, 9.17) is 5.11 Å². The molecule has 0 aliphatic heterocycles. The SMILES string of the molecule is O=C(Cc1ccc2cccnc2c1)N[C@H]1C[C@@H](CO)[C@H](O)[C@@H]1O. The van der Waals surface area contributed by atoms with Crippen LogP contribution in [-0.2, 0) is 11.2 Å². The van der Waals surface area contributed by atoms with Crippen LogP contribution in [-0.4, -0.2) is 51.1 Å². The lowest BCUT2D eigenvalue weighted by atomic mass is 10.1. The summed E-state index contributed by atoms with van der Waals surface area (Å²) in [5.41, 5.74) is 1.66. The quantitative estimate of drug-likeness (QED) is 0.636. The topological polar surface area (TPSA) is 103 Å². The number of nitrogens with one attached hydrogen (secondary N) is 1. The largest absolute Gasteiger partial charge is 0.396 e. The Balaban J connectivity index is 1.64. The van der Waals surface area contributed by atoms with E-state index in [0.717, 1.165) is 16.5 Å². The van der Waals surface area contributed by atoms with Gasteiger partial charge in [-0.25, -0.2) is 0 Å². The number of hydrogen-bond acceptors (Lipinski definition) is 5. The fourth-order valence-electron chi connectivity index (χ4n) is 3.11. The van der Waals surface area contributed by atoms with Crippen LogP contribution in [0.2, 0.25) is 0 Å². The molecule has 1 amide bonds. The van der Waals surface area contributed by atoms with Crippen molar-refractivity contribution in [3.8, 4) is 0 Å². The van der Waals surface area contributed by atoms with E-state index in [1.54, 1.807) is 6.20 Å². The van der Waals surface area contributed by atoms with Gasteiger partial charge in [-0.2, -0.15) is 0 Å². The molecule has 122 valence electrons. The van der Waals surface area contributed by atoms with Gasteiger partial charge < -0.3 is 20.6 Å². The molecule has 1 aromatic heterocycles. The zero-order valence-electron chi connectivity index (χ0n) is 12.6. The first kappa shape index (κ1) is 15.9. The molecule has 23 heavy (non-hydrogen) atoms. The maximum absolute atomic E-state index is 12.2. The maximum Gasteiger partial charge on any atom is 0.224 e. The molecule has 1 saturated carbocycles. The second-order valence-corrected chi connectivity index (χ2v) is 6.04. The Kier molecular flexibility index (Phi) is 4.56. The number of carbonyl (C=O) groups excluding carboxylic acids is 1. The van der Waals surface area contributed by atoms with Gasteiger partial charge in [-0.05, 0) is 24.1 Å². The van der Waals surface area contributed by atoms with Gasteiger partial charge in [-0.1, -0.05) is 18.2 Å². The molecule has 2 aromatic rings. The Morgan fingerprint density at radius 2 is 2.09 bits per heavy atom. The summed E-state index contributed by atoms with van der Waals surface area (Å²) >= 11 is 0. The van der Waals surface area contributed by atoms with Gasteiger partial charge in [0, 0.05) is 24.1 Å². The number of hydrogen-bond donors (Lipinski definition) is 4. The zero-order chi connectivity index (χ0) is 16.4. The summed E-state index contributed by atoms with van der Waals surface area (Å²) in [4.78, 5) is 16.4. The van der Waals surface area contributed by atoms with Crippen molar-refractivity contribution >= 4 is 16.8 Å². The van der Waals surface area contributed by atoms with E-state index in [2.05, 4.69) is 10.3 Å². The smallest absolute Gasteiger partial charge is 0.224 e. The van der Waals surface area contributed by atoms with Crippen LogP contribution in [0.15, 0.2) is 36.5 Å². The van der Waals surface area contributed by atoms with Crippen molar-refractivity contribution in [2.45, 2.75) is 31.1 Å². The van der Waals surface area contributed by atoms with Crippen molar-refractivity contribution < 1.29 is 20.1 Å². The van der Waals surface area contributed by atoms with Crippen LogP contribution in [0, 0.1) is 5.92 Å². The second-order valence-electron chi connectivity index (χ2n) is 6.04. The Bertz CT molecular complexity index is 706. The predicted octanol–water partition coefficient (Wildman–Crippen LogP) is -0.00390. The number of carbonyl (C=O) groups is 1. The minimum atomic E-state index is -1.05. The molecule has 0 bridgehead atoms. The molecule has 3 rings (SSSR count). The van der Waals surface area contributed by atoms with Crippen molar-refractivity contribution in [3.05, 3.63) is 42.1 Å². The van der Waals surface area contributed by atoms with Crippen molar-refractivity contribution in [3.63, 3.8) is 0 Å². The van der Waals surface area contributed by atoms with Gasteiger partial charge in [-0.3, -0.25) is 9.78 Å². The number of aliphatic hydroxyl groups excluding tert-OH is 3. The highest BCUT2D eigenvalue weighted by Crippen LogP contribution is 2.26. The van der Waals surface area contributed by atoms with Crippen LogP contribution in [0.1, 0.15) is 12.0 Å². The van der Waals surface area contributed by atoms with E-state index in [0.29, 0.717) is 6.42 Å². The van der Waals surface area contributed by atoms with Crippen LogP contribution in [0.4, 0.5) is 0 Å². The Morgan fingerprint density at radius 1 is 1.26 bits per heavy atom. The fraction of sp³-hybridized carbons (Fsp3) is 0.412. The molecule has 1 aliphatic carbocycles. The molecule has 1 aromatic carbocycles. The molecule has 1 fully saturated rings. The van der Waals surface area contributed by atoms with E-state index in [9.17, 15) is 15.0 Å². The Hall–Kier alpha value is -2.02. The molecule has 4 atom stereocenters. The third kappa shape index (κ3) is 3.34. The van der Waals surface area contributed by atoms with E-state index < -0.39 is 24.2 Å². The normalized spacial score (nSPS) is 27.3. The highest BCUT2D eigenvalue weighted by Gasteiger charge is 2.41. The molecular weight excluding hydrogens is 296 g/mol.